The highest BCUT2D eigenvalue weighted by atomic mass is 19.1. The minimum Gasteiger partial charge on any atom is -0.305 e. The molecule has 0 radical (unpaired) electrons. The average Bonchev–Trinajstić information content (AvgIpc) is 2.53. The van der Waals surface area contributed by atoms with E-state index < -0.39 is 17.5 Å². The molecular formula is C20H16F3N. The molecule has 0 aliphatic rings. The van der Waals surface area contributed by atoms with Gasteiger partial charge in [-0.25, -0.2) is 13.2 Å². The largest absolute Gasteiger partial charge is 0.305 e. The van der Waals surface area contributed by atoms with Crippen LogP contribution in [0.25, 0.3) is 0 Å². The van der Waals surface area contributed by atoms with E-state index in [1.165, 1.54) is 4.90 Å². The molecule has 0 saturated heterocycles. The zero-order chi connectivity index (χ0) is 17.3. The van der Waals surface area contributed by atoms with E-state index in [1.807, 2.05) is 38.1 Å². The van der Waals surface area contributed by atoms with E-state index in [0.29, 0.717) is 23.5 Å². The summed E-state index contributed by atoms with van der Waals surface area (Å²) in [6.07, 6.45) is 0. The molecule has 0 saturated carbocycles. The van der Waals surface area contributed by atoms with Gasteiger partial charge in [-0.05, 0) is 38.1 Å². The lowest BCUT2D eigenvalue weighted by Crippen LogP contribution is -2.14. The Bertz CT molecular complexity index is 787. The van der Waals surface area contributed by atoms with Gasteiger partial charge in [-0.1, -0.05) is 35.4 Å². The molecule has 0 atom stereocenters. The van der Waals surface area contributed by atoms with Crippen LogP contribution in [0.2, 0.25) is 0 Å². The smallest absolute Gasteiger partial charge is 0.153 e. The summed E-state index contributed by atoms with van der Waals surface area (Å²) in [5, 5.41) is 0. The van der Waals surface area contributed by atoms with Gasteiger partial charge in [0.2, 0.25) is 0 Å². The molecule has 122 valence electrons. The molecule has 3 aromatic rings. The third-order valence-corrected chi connectivity index (χ3v) is 3.79. The van der Waals surface area contributed by atoms with Crippen LogP contribution in [-0.4, -0.2) is 0 Å². The lowest BCUT2D eigenvalue weighted by Gasteiger charge is -2.26. The van der Waals surface area contributed by atoms with E-state index in [1.54, 1.807) is 24.3 Å². The van der Waals surface area contributed by atoms with Gasteiger partial charge in [0.25, 0.3) is 0 Å². The topological polar surface area (TPSA) is 3.24 Å². The quantitative estimate of drug-likeness (QED) is 0.554. The molecular weight excluding hydrogens is 311 g/mol. The minimum atomic E-state index is -0.950. The van der Waals surface area contributed by atoms with Crippen molar-refractivity contribution in [2.75, 3.05) is 4.90 Å². The van der Waals surface area contributed by atoms with Crippen molar-refractivity contribution in [1.29, 1.82) is 0 Å². The fraction of sp³-hybridized carbons (Fsp3) is 0.100. The Morgan fingerprint density at radius 1 is 0.625 bits per heavy atom. The van der Waals surface area contributed by atoms with Crippen molar-refractivity contribution in [1.82, 2.24) is 0 Å². The zero-order valence-corrected chi connectivity index (χ0v) is 13.4. The molecule has 0 spiro atoms. The van der Waals surface area contributed by atoms with Crippen LogP contribution in [0.1, 0.15) is 11.1 Å². The number of hydrogen-bond acceptors (Lipinski definition) is 1. The second-order valence-electron chi connectivity index (χ2n) is 5.72. The molecule has 0 heterocycles. The second-order valence-corrected chi connectivity index (χ2v) is 5.72. The first-order valence-corrected chi connectivity index (χ1v) is 7.54. The van der Waals surface area contributed by atoms with Gasteiger partial charge in [0.15, 0.2) is 11.6 Å². The van der Waals surface area contributed by atoms with Crippen LogP contribution in [0.5, 0.6) is 0 Å². The fourth-order valence-corrected chi connectivity index (χ4v) is 2.54. The van der Waals surface area contributed by atoms with Crippen LogP contribution in [-0.2, 0) is 0 Å². The fourth-order valence-electron chi connectivity index (χ4n) is 2.54. The van der Waals surface area contributed by atoms with Crippen LogP contribution in [0.3, 0.4) is 0 Å². The van der Waals surface area contributed by atoms with Gasteiger partial charge in [0.1, 0.15) is 11.5 Å². The summed E-state index contributed by atoms with van der Waals surface area (Å²) in [4.78, 5) is 1.45. The Hall–Kier alpha value is -2.75. The summed E-state index contributed by atoms with van der Waals surface area (Å²) in [7, 11) is 0. The Kier molecular flexibility index (Phi) is 4.30. The van der Waals surface area contributed by atoms with E-state index >= 15 is 0 Å². The molecule has 3 rings (SSSR count). The summed E-state index contributed by atoms with van der Waals surface area (Å²) >= 11 is 0. The maximum Gasteiger partial charge on any atom is 0.153 e. The summed E-state index contributed by atoms with van der Waals surface area (Å²) < 4.78 is 42.0. The number of anilines is 3. The van der Waals surface area contributed by atoms with Crippen molar-refractivity contribution in [2.45, 2.75) is 13.8 Å². The number of nitrogens with zero attached hydrogens (tertiary/aromatic N) is 1. The Morgan fingerprint density at radius 3 is 1.38 bits per heavy atom. The van der Waals surface area contributed by atoms with Gasteiger partial charge >= 0.3 is 0 Å². The molecule has 0 amide bonds. The second kappa shape index (κ2) is 6.40. The van der Waals surface area contributed by atoms with Gasteiger partial charge in [0, 0.05) is 23.5 Å². The van der Waals surface area contributed by atoms with Crippen molar-refractivity contribution in [3.05, 3.63) is 89.2 Å². The first-order chi connectivity index (χ1) is 11.5. The number of halogens is 3. The molecule has 24 heavy (non-hydrogen) atoms. The van der Waals surface area contributed by atoms with E-state index in [2.05, 4.69) is 0 Å². The summed E-state index contributed by atoms with van der Waals surface area (Å²) in [5.41, 5.74) is 2.94. The van der Waals surface area contributed by atoms with E-state index in [9.17, 15) is 13.2 Å². The van der Waals surface area contributed by atoms with Crippen LogP contribution >= 0.6 is 0 Å². The number of rotatable bonds is 3. The van der Waals surface area contributed by atoms with Crippen LogP contribution < -0.4 is 4.90 Å². The zero-order valence-electron chi connectivity index (χ0n) is 13.4. The Balaban J connectivity index is 2.22. The van der Waals surface area contributed by atoms with Crippen molar-refractivity contribution in [2.24, 2.45) is 0 Å². The molecule has 0 unspecified atom stereocenters. The standard InChI is InChI=1S/C20H16F3N/c1-13-3-7-16(8-4-13)24(17-9-5-14(2)6-10-17)20-18(22)11-15(21)12-19(20)23/h3-12H,1-2H3. The van der Waals surface area contributed by atoms with Gasteiger partial charge in [-0.15, -0.1) is 0 Å². The van der Waals surface area contributed by atoms with Gasteiger partial charge in [0.05, 0.1) is 0 Å². The number of hydrogen-bond donors (Lipinski definition) is 0. The monoisotopic (exact) mass is 327 g/mol. The van der Waals surface area contributed by atoms with Crippen LogP contribution in [0, 0.1) is 31.3 Å². The third kappa shape index (κ3) is 3.13. The van der Waals surface area contributed by atoms with Gasteiger partial charge in [-0.2, -0.15) is 0 Å². The van der Waals surface area contributed by atoms with Crippen molar-refractivity contribution in [3.8, 4) is 0 Å². The maximum absolute atomic E-state index is 14.4. The lowest BCUT2D eigenvalue weighted by molar-refractivity contribution is 0.545. The van der Waals surface area contributed by atoms with E-state index in [4.69, 9.17) is 0 Å². The molecule has 0 fully saturated rings. The van der Waals surface area contributed by atoms with Crippen molar-refractivity contribution < 1.29 is 13.2 Å². The van der Waals surface area contributed by atoms with Crippen molar-refractivity contribution in [3.63, 3.8) is 0 Å². The number of aryl methyl sites for hydroxylation is 2. The highest BCUT2D eigenvalue weighted by Crippen LogP contribution is 2.38. The summed E-state index contributed by atoms with van der Waals surface area (Å²) in [6, 6.07) is 15.9. The molecule has 0 N–H and O–H groups in total. The predicted octanol–water partition coefficient (Wildman–Crippen LogP) is 6.19. The Morgan fingerprint density at radius 2 is 1.00 bits per heavy atom. The molecule has 0 aliphatic heterocycles. The molecule has 4 heteroatoms. The van der Waals surface area contributed by atoms with E-state index in [-0.39, 0.29) is 5.69 Å². The Labute approximate surface area is 139 Å². The number of benzene rings is 3. The average molecular weight is 327 g/mol. The lowest BCUT2D eigenvalue weighted by atomic mass is 10.1. The van der Waals surface area contributed by atoms with E-state index in [0.717, 1.165) is 11.1 Å². The molecule has 3 aromatic carbocycles. The van der Waals surface area contributed by atoms with Gasteiger partial charge < -0.3 is 4.90 Å². The first kappa shape index (κ1) is 16.1. The van der Waals surface area contributed by atoms with Crippen LogP contribution in [0.15, 0.2) is 60.7 Å². The van der Waals surface area contributed by atoms with Gasteiger partial charge in [-0.3, -0.25) is 0 Å². The summed E-state index contributed by atoms with van der Waals surface area (Å²) in [6.45, 7) is 3.86. The third-order valence-electron chi connectivity index (χ3n) is 3.79. The normalized spacial score (nSPS) is 10.7. The molecule has 0 aliphatic carbocycles. The molecule has 1 nitrogen and oxygen atoms in total. The molecule has 0 bridgehead atoms. The van der Waals surface area contributed by atoms with Crippen molar-refractivity contribution >= 4 is 17.1 Å². The minimum absolute atomic E-state index is 0.302. The highest BCUT2D eigenvalue weighted by molar-refractivity contribution is 5.77. The molecule has 0 aromatic heterocycles. The highest BCUT2D eigenvalue weighted by Gasteiger charge is 2.21. The van der Waals surface area contributed by atoms with Crippen LogP contribution in [0.4, 0.5) is 30.2 Å². The SMILES string of the molecule is Cc1ccc(N(c2ccc(C)cc2)c2c(F)cc(F)cc2F)cc1. The maximum atomic E-state index is 14.4. The first-order valence-electron chi connectivity index (χ1n) is 7.54. The summed E-state index contributed by atoms with van der Waals surface area (Å²) in [5.74, 6) is -2.84. The predicted molar refractivity (Wildman–Crippen MR) is 90.5 cm³/mol.